The van der Waals surface area contributed by atoms with E-state index < -0.39 is 0 Å². The number of hydrogen-bond acceptors (Lipinski definition) is 3. The van der Waals surface area contributed by atoms with Gasteiger partial charge in [0.25, 0.3) is 0 Å². The summed E-state index contributed by atoms with van der Waals surface area (Å²) in [6.07, 6.45) is 2.09. The lowest BCUT2D eigenvalue weighted by atomic mass is 9.74. The van der Waals surface area contributed by atoms with Crippen molar-refractivity contribution in [1.82, 2.24) is 10.6 Å². The van der Waals surface area contributed by atoms with E-state index in [9.17, 15) is 0 Å². The van der Waals surface area contributed by atoms with Crippen LogP contribution >= 0.6 is 0 Å². The van der Waals surface area contributed by atoms with Crippen molar-refractivity contribution in [2.75, 3.05) is 13.2 Å². The Labute approximate surface area is 182 Å². The summed E-state index contributed by atoms with van der Waals surface area (Å²) in [6, 6.07) is 12.1. The van der Waals surface area contributed by atoms with Gasteiger partial charge in [-0.1, -0.05) is 65.0 Å². The Hall–Kier alpha value is -1.84. The van der Waals surface area contributed by atoms with Gasteiger partial charge in [-0.2, -0.15) is 0 Å². The van der Waals surface area contributed by atoms with Crippen LogP contribution in [0.2, 0.25) is 0 Å². The lowest BCUT2D eigenvalue weighted by Gasteiger charge is -2.34. The number of rotatable bonds is 3. The highest BCUT2D eigenvalue weighted by atomic mass is 16.5. The second-order valence-corrected chi connectivity index (χ2v) is 10.8. The summed E-state index contributed by atoms with van der Waals surface area (Å²) in [6.45, 7) is 17.4. The number of fused-ring (bicyclic) bond motifs is 2. The minimum Gasteiger partial charge on any atom is -0.492 e. The fourth-order valence-corrected chi connectivity index (χ4v) is 5.23. The molecule has 0 unspecified atom stereocenters. The van der Waals surface area contributed by atoms with Crippen LogP contribution in [0.4, 0.5) is 0 Å². The first-order valence-electron chi connectivity index (χ1n) is 11.5. The quantitative estimate of drug-likeness (QED) is 0.751. The van der Waals surface area contributed by atoms with E-state index in [1.54, 1.807) is 0 Å². The normalized spacial score (nSPS) is 19.5. The van der Waals surface area contributed by atoms with Gasteiger partial charge < -0.3 is 15.4 Å². The van der Waals surface area contributed by atoms with Gasteiger partial charge >= 0.3 is 0 Å². The monoisotopic (exact) mass is 406 g/mol. The molecule has 0 aromatic heterocycles. The highest BCUT2D eigenvalue weighted by Gasteiger charge is 2.30. The van der Waals surface area contributed by atoms with Crippen molar-refractivity contribution in [3.05, 3.63) is 63.7 Å². The van der Waals surface area contributed by atoms with E-state index in [0.29, 0.717) is 6.04 Å². The van der Waals surface area contributed by atoms with E-state index in [-0.39, 0.29) is 10.8 Å². The van der Waals surface area contributed by atoms with Crippen LogP contribution in [0.15, 0.2) is 30.3 Å². The van der Waals surface area contributed by atoms with Gasteiger partial charge in [-0.25, -0.2) is 0 Å². The van der Waals surface area contributed by atoms with Gasteiger partial charge in [0, 0.05) is 31.2 Å². The average Bonchev–Trinajstić information content (AvgIpc) is 2.92. The van der Waals surface area contributed by atoms with Crippen LogP contribution in [-0.4, -0.2) is 19.2 Å². The third-order valence-corrected chi connectivity index (χ3v) is 6.77. The van der Waals surface area contributed by atoms with Crippen LogP contribution in [0.5, 0.6) is 5.75 Å². The molecular weight excluding hydrogens is 368 g/mol. The number of hydrogen-bond donors (Lipinski definition) is 2. The molecule has 1 atom stereocenters. The molecule has 162 valence electrons. The summed E-state index contributed by atoms with van der Waals surface area (Å²) in [5.74, 6) is 1.12. The minimum atomic E-state index is 0.0354. The van der Waals surface area contributed by atoms with Crippen LogP contribution < -0.4 is 15.4 Å². The molecule has 0 spiro atoms. The van der Waals surface area contributed by atoms with Crippen LogP contribution in [-0.2, 0) is 36.8 Å². The predicted octanol–water partition coefficient (Wildman–Crippen LogP) is 5.02. The highest BCUT2D eigenvalue weighted by molar-refractivity contribution is 5.51. The first-order valence-corrected chi connectivity index (χ1v) is 11.5. The topological polar surface area (TPSA) is 33.3 Å². The Morgan fingerprint density at radius 2 is 1.77 bits per heavy atom. The van der Waals surface area contributed by atoms with Crippen LogP contribution in [0.3, 0.4) is 0 Å². The van der Waals surface area contributed by atoms with E-state index in [1.807, 2.05) is 0 Å². The number of nitrogens with one attached hydrogen (secondary N) is 2. The zero-order chi connectivity index (χ0) is 21.5. The van der Waals surface area contributed by atoms with Gasteiger partial charge in [0.1, 0.15) is 12.4 Å². The molecule has 30 heavy (non-hydrogen) atoms. The summed E-state index contributed by atoms with van der Waals surface area (Å²) < 4.78 is 6.35. The lowest BCUT2D eigenvalue weighted by Crippen LogP contribution is -2.35. The second kappa shape index (κ2) is 8.01. The number of ether oxygens (including phenoxy) is 1. The van der Waals surface area contributed by atoms with Gasteiger partial charge in [0.2, 0.25) is 0 Å². The average molecular weight is 407 g/mol. The molecule has 0 saturated heterocycles. The second-order valence-electron chi connectivity index (χ2n) is 10.8. The van der Waals surface area contributed by atoms with E-state index in [0.717, 1.165) is 44.8 Å². The van der Waals surface area contributed by atoms with Crippen molar-refractivity contribution in [3.63, 3.8) is 0 Å². The van der Waals surface area contributed by atoms with E-state index >= 15 is 0 Å². The van der Waals surface area contributed by atoms with Gasteiger partial charge in [0.15, 0.2) is 0 Å². The van der Waals surface area contributed by atoms with Gasteiger partial charge in [-0.3, -0.25) is 0 Å². The van der Waals surface area contributed by atoms with Crippen molar-refractivity contribution < 1.29 is 4.74 Å². The minimum absolute atomic E-state index is 0.0354. The zero-order valence-electron chi connectivity index (χ0n) is 19.6. The standard InChI is InChI=1S/C27H38N2O/c1-18-14-19-8-7-9-24(21(19)17-29-18)27(5,6)15-20-10-11-23(26(2,3)4)22-16-28-12-13-30-25(20)22/h7-11,18,28-29H,12-17H2,1-6H3/t18-/m0/s1. The zero-order valence-corrected chi connectivity index (χ0v) is 19.6. The molecule has 2 aromatic carbocycles. The smallest absolute Gasteiger partial charge is 0.127 e. The molecule has 0 aliphatic carbocycles. The molecule has 3 nitrogen and oxygen atoms in total. The van der Waals surface area contributed by atoms with Gasteiger partial charge in [-0.15, -0.1) is 0 Å². The highest BCUT2D eigenvalue weighted by Crippen LogP contribution is 2.40. The molecule has 2 aromatic rings. The molecule has 2 heterocycles. The van der Waals surface area contributed by atoms with E-state index in [4.69, 9.17) is 4.74 Å². The summed E-state index contributed by atoms with van der Waals surface area (Å²) >= 11 is 0. The summed E-state index contributed by atoms with van der Waals surface area (Å²) in [7, 11) is 0. The third-order valence-electron chi connectivity index (χ3n) is 6.77. The lowest BCUT2D eigenvalue weighted by molar-refractivity contribution is 0.319. The molecule has 2 N–H and O–H groups in total. The summed E-state index contributed by atoms with van der Waals surface area (Å²) in [5, 5.41) is 7.21. The molecule has 2 aliphatic heterocycles. The molecule has 0 amide bonds. The van der Waals surface area contributed by atoms with Crippen molar-refractivity contribution in [2.24, 2.45) is 0 Å². The maximum atomic E-state index is 6.35. The molecule has 0 fully saturated rings. The molecule has 0 saturated carbocycles. The molecule has 3 heteroatoms. The largest absolute Gasteiger partial charge is 0.492 e. The Balaban J connectivity index is 1.73. The van der Waals surface area contributed by atoms with Gasteiger partial charge in [0.05, 0.1) is 0 Å². The summed E-state index contributed by atoms with van der Waals surface area (Å²) in [5.41, 5.74) is 8.70. The number of benzene rings is 2. The predicted molar refractivity (Wildman–Crippen MR) is 126 cm³/mol. The Morgan fingerprint density at radius 3 is 2.53 bits per heavy atom. The van der Waals surface area contributed by atoms with Crippen molar-refractivity contribution >= 4 is 0 Å². The Bertz CT molecular complexity index is 923. The molecule has 0 radical (unpaired) electrons. The van der Waals surface area contributed by atoms with Gasteiger partial charge in [-0.05, 0) is 58.4 Å². The SMILES string of the molecule is C[C@H]1Cc2cccc(C(C)(C)Cc3ccc(C(C)(C)C)c4c3OCCNC4)c2CN1. The fraction of sp³-hybridized carbons (Fsp3) is 0.556. The van der Waals surface area contributed by atoms with E-state index in [2.05, 4.69) is 82.5 Å². The Morgan fingerprint density at radius 1 is 0.967 bits per heavy atom. The molecule has 0 bridgehead atoms. The first kappa shape index (κ1) is 21.4. The fourth-order valence-electron chi connectivity index (χ4n) is 5.23. The van der Waals surface area contributed by atoms with Crippen molar-refractivity contribution in [1.29, 1.82) is 0 Å². The van der Waals surface area contributed by atoms with Crippen LogP contribution in [0, 0.1) is 0 Å². The Kier molecular flexibility index (Phi) is 5.71. The third kappa shape index (κ3) is 4.15. The molecule has 2 aliphatic rings. The molecular formula is C27H38N2O. The first-order chi connectivity index (χ1) is 14.2. The maximum absolute atomic E-state index is 6.35. The summed E-state index contributed by atoms with van der Waals surface area (Å²) in [4.78, 5) is 0. The van der Waals surface area contributed by atoms with Crippen LogP contribution in [0.25, 0.3) is 0 Å². The molecule has 4 rings (SSSR count). The van der Waals surface area contributed by atoms with Crippen LogP contribution in [0.1, 0.15) is 74.9 Å². The maximum Gasteiger partial charge on any atom is 0.127 e. The van der Waals surface area contributed by atoms with Crippen molar-refractivity contribution in [2.45, 2.75) is 84.3 Å². The van der Waals surface area contributed by atoms with Crippen molar-refractivity contribution in [3.8, 4) is 5.75 Å². The van der Waals surface area contributed by atoms with E-state index in [1.165, 1.54) is 33.4 Å².